The number of benzene rings is 1. The first kappa shape index (κ1) is 19.5. The molecule has 0 radical (unpaired) electrons. The van der Waals surface area contributed by atoms with Gasteiger partial charge in [0.25, 0.3) is 0 Å². The summed E-state index contributed by atoms with van der Waals surface area (Å²) in [5, 5.41) is 2.08. The van der Waals surface area contributed by atoms with Crippen molar-refractivity contribution in [1.29, 1.82) is 0 Å². The lowest BCUT2D eigenvalue weighted by atomic mass is 10.2. The topological polar surface area (TPSA) is 66.5 Å². The lowest BCUT2D eigenvalue weighted by Gasteiger charge is -2.18. The normalized spacial score (nSPS) is 12.3. The Morgan fingerprint density at radius 1 is 1.43 bits per heavy atom. The highest BCUT2D eigenvalue weighted by molar-refractivity contribution is 7.88. The molecule has 23 heavy (non-hydrogen) atoms. The second kappa shape index (κ2) is 7.33. The molecule has 0 aromatic heterocycles. The molecule has 1 aromatic rings. The van der Waals surface area contributed by atoms with Crippen molar-refractivity contribution < 1.29 is 26.4 Å². The minimum absolute atomic E-state index is 0.0963. The molecule has 0 aliphatic carbocycles. The number of alkyl halides is 3. The molecule has 0 fully saturated rings. The van der Waals surface area contributed by atoms with Crippen LogP contribution in [-0.2, 0) is 21.0 Å². The molecule has 1 N–H and O–H groups in total. The van der Waals surface area contributed by atoms with Gasteiger partial charge in [0, 0.05) is 6.54 Å². The molecule has 128 valence electrons. The maximum atomic E-state index is 12.6. The van der Waals surface area contributed by atoms with Gasteiger partial charge in [-0.05, 0) is 18.2 Å². The predicted octanol–water partition coefficient (Wildman–Crippen LogP) is 2.74. The van der Waals surface area contributed by atoms with Gasteiger partial charge < -0.3 is 5.32 Å². The van der Waals surface area contributed by atoms with Crippen LogP contribution in [0.2, 0.25) is 5.02 Å². The summed E-state index contributed by atoms with van der Waals surface area (Å²) in [4.78, 5) is 11.9. The van der Waals surface area contributed by atoms with Crippen LogP contribution < -0.4 is 5.32 Å². The first-order valence-electron chi connectivity index (χ1n) is 6.17. The minimum atomic E-state index is -4.59. The van der Waals surface area contributed by atoms with Crippen molar-refractivity contribution in [3.05, 3.63) is 41.4 Å². The average molecular weight is 371 g/mol. The van der Waals surface area contributed by atoms with Gasteiger partial charge >= 0.3 is 6.18 Å². The standard InChI is InChI=1S/C13H14ClF3N2O3S/c1-3-6-19(23(2,21)22)8-12(20)18-11-7-9(13(15,16)17)4-5-10(11)14/h3-5,7H,1,6,8H2,2H3,(H,18,20). The smallest absolute Gasteiger partial charge is 0.324 e. The molecule has 0 aliphatic rings. The quantitative estimate of drug-likeness (QED) is 0.783. The number of sulfonamides is 1. The van der Waals surface area contributed by atoms with Crippen LogP contribution in [0.5, 0.6) is 0 Å². The lowest BCUT2D eigenvalue weighted by molar-refractivity contribution is -0.137. The number of amides is 1. The Hall–Kier alpha value is -1.58. The summed E-state index contributed by atoms with van der Waals surface area (Å²) in [6, 6.07) is 2.45. The number of hydrogen-bond acceptors (Lipinski definition) is 3. The molecule has 0 unspecified atom stereocenters. The average Bonchev–Trinajstić information content (AvgIpc) is 2.38. The number of nitrogens with zero attached hydrogens (tertiary/aromatic N) is 1. The Kier molecular flexibility index (Phi) is 6.20. The number of rotatable bonds is 6. The molecule has 5 nitrogen and oxygen atoms in total. The van der Waals surface area contributed by atoms with Crippen molar-refractivity contribution in [2.24, 2.45) is 0 Å². The van der Waals surface area contributed by atoms with Crippen LogP contribution in [0.4, 0.5) is 18.9 Å². The first-order valence-corrected chi connectivity index (χ1v) is 8.40. The van der Waals surface area contributed by atoms with E-state index in [1.807, 2.05) is 0 Å². The summed E-state index contributed by atoms with van der Waals surface area (Å²) >= 11 is 5.75. The van der Waals surface area contributed by atoms with Crippen LogP contribution in [0.3, 0.4) is 0 Å². The Labute approximate surface area is 136 Å². The molecule has 0 spiro atoms. The summed E-state index contributed by atoms with van der Waals surface area (Å²) in [7, 11) is -3.67. The van der Waals surface area contributed by atoms with Gasteiger partial charge in [-0.25, -0.2) is 8.42 Å². The molecule has 0 heterocycles. The number of hydrogen-bond donors (Lipinski definition) is 1. The van der Waals surface area contributed by atoms with Crippen LogP contribution in [0.15, 0.2) is 30.9 Å². The van der Waals surface area contributed by atoms with Gasteiger partial charge in [-0.3, -0.25) is 4.79 Å². The highest BCUT2D eigenvalue weighted by atomic mass is 35.5. The summed E-state index contributed by atoms with van der Waals surface area (Å²) < 4.78 is 61.7. The van der Waals surface area contributed by atoms with Crippen LogP contribution in [0, 0.1) is 0 Å². The van der Waals surface area contributed by atoms with Crippen molar-refractivity contribution in [3.8, 4) is 0 Å². The van der Waals surface area contributed by atoms with E-state index in [2.05, 4.69) is 11.9 Å². The molecule has 1 aromatic carbocycles. The third kappa shape index (κ3) is 5.85. The number of nitrogens with one attached hydrogen (secondary N) is 1. The van der Waals surface area contributed by atoms with Crippen LogP contribution in [0.25, 0.3) is 0 Å². The van der Waals surface area contributed by atoms with E-state index >= 15 is 0 Å². The fraction of sp³-hybridized carbons (Fsp3) is 0.308. The van der Waals surface area contributed by atoms with Crippen molar-refractivity contribution in [2.45, 2.75) is 6.18 Å². The molecule has 0 aliphatic heterocycles. The largest absolute Gasteiger partial charge is 0.416 e. The zero-order valence-corrected chi connectivity index (χ0v) is 13.6. The van der Waals surface area contributed by atoms with Gasteiger partial charge in [0.15, 0.2) is 0 Å². The van der Waals surface area contributed by atoms with E-state index in [9.17, 15) is 26.4 Å². The molecule has 0 bridgehead atoms. The fourth-order valence-corrected chi connectivity index (χ4v) is 2.50. The molecule has 1 amide bonds. The maximum absolute atomic E-state index is 12.6. The number of anilines is 1. The van der Waals surface area contributed by atoms with Crippen molar-refractivity contribution in [2.75, 3.05) is 24.7 Å². The first-order chi connectivity index (χ1) is 10.4. The second-order valence-electron chi connectivity index (χ2n) is 4.58. The fourth-order valence-electron chi connectivity index (χ4n) is 1.61. The molecular weight excluding hydrogens is 357 g/mol. The summed E-state index contributed by atoms with van der Waals surface area (Å²) in [6.45, 7) is 2.69. The Balaban J connectivity index is 2.95. The highest BCUT2D eigenvalue weighted by Gasteiger charge is 2.31. The Morgan fingerprint density at radius 3 is 2.52 bits per heavy atom. The van der Waals surface area contributed by atoms with Gasteiger partial charge in [-0.2, -0.15) is 17.5 Å². The molecule has 0 atom stereocenters. The van der Waals surface area contributed by atoms with Crippen LogP contribution in [-0.4, -0.2) is 38.0 Å². The molecular formula is C13H14ClF3N2O3S. The molecule has 10 heteroatoms. The van der Waals surface area contributed by atoms with Crippen LogP contribution >= 0.6 is 11.6 Å². The van der Waals surface area contributed by atoms with E-state index in [1.165, 1.54) is 6.08 Å². The van der Waals surface area contributed by atoms with E-state index in [1.54, 1.807) is 0 Å². The lowest BCUT2D eigenvalue weighted by Crippen LogP contribution is -2.37. The minimum Gasteiger partial charge on any atom is -0.324 e. The van der Waals surface area contributed by atoms with Gasteiger partial charge in [0.1, 0.15) is 0 Å². The van der Waals surface area contributed by atoms with Crippen molar-refractivity contribution in [1.82, 2.24) is 4.31 Å². The summed E-state index contributed by atoms with van der Waals surface area (Å²) in [5.41, 5.74) is -1.23. The molecule has 0 saturated carbocycles. The molecule has 1 rings (SSSR count). The van der Waals surface area contributed by atoms with Crippen LogP contribution in [0.1, 0.15) is 5.56 Å². The second-order valence-corrected chi connectivity index (χ2v) is 6.97. The van der Waals surface area contributed by atoms with E-state index in [-0.39, 0.29) is 17.3 Å². The zero-order valence-electron chi connectivity index (χ0n) is 12.0. The van der Waals surface area contributed by atoms with Gasteiger partial charge in [0.05, 0.1) is 29.1 Å². The molecule has 0 saturated heterocycles. The van der Waals surface area contributed by atoms with E-state index in [4.69, 9.17) is 11.6 Å². The zero-order chi connectivity index (χ0) is 17.8. The number of carbonyl (C=O) groups excluding carboxylic acids is 1. The SMILES string of the molecule is C=CCN(CC(=O)Nc1cc(C(F)(F)F)ccc1Cl)S(C)(=O)=O. The maximum Gasteiger partial charge on any atom is 0.416 e. The summed E-state index contributed by atoms with van der Waals surface area (Å²) in [5.74, 6) is -0.821. The van der Waals surface area contributed by atoms with Gasteiger partial charge in [0.2, 0.25) is 15.9 Å². The Bertz CT molecular complexity index is 705. The van der Waals surface area contributed by atoms with E-state index in [0.717, 1.165) is 22.7 Å². The predicted molar refractivity (Wildman–Crippen MR) is 81.7 cm³/mol. The Morgan fingerprint density at radius 2 is 2.04 bits per heavy atom. The third-order valence-corrected chi connectivity index (χ3v) is 4.24. The highest BCUT2D eigenvalue weighted by Crippen LogP contribution is 2.33. The van der Waals surface area contributed by atoms with Gasteiger partial charge in [-0.15, -0.1) is 6.58 Å². The number of halogens is 4. The summed E-state index contributed by atoms with van der Waals surface area (Å²) in [6.07, 6.45) is -2.40. The van der Waals surface area contributed by atoms with E-state index < -0.39 is 34.2 Å². The van der Waals surface area contributed by atoms with E-state index in [0.29, 0.717) is 6.07 Å². The van der Waals surface area contributed by atoms with Gasteiger partial charge in [-0.1, -0.05) is 17.7 Å². The van der Waals surface area contributed by atoms with Crippen molar-refractivity contribution in [3.63, 3.8) is 0 Å². The number of carbonyl (C=O) groups is 1. The monoisotopic (exact) mass is 370 g/mol. The third-order valence-electron chi connectivity index (χ3n) is 2.69. The van der Waals surface area contributed by atoms with Crippen molar-refractivity contribution >= 4 is 33.2 Å².